The van der Waals surface area contributed by atoms with E-state index >= 15 is 0 Å². The molecule has 2 atom stereocenters. The fourth-order valence-electron chi connectivity index (χ4n) is 3.07. The Balaban J connectivity index is 1.48. The van der Waals surface area contributed by atoms with Gasteiger partial charge < -0.3 is 5.32 Å². The lowest BCUT2D eigenvalue weighted by atomic mass is 10.0. The lowest BCUT2D eigenvalue weighted by Gasteiger charge is -2.34. The van der Waals surface area contributed by atoms with Gasteiger partial charge in [-0.05, 0) is 56.0 Å². The molecule has 2 nitrogen and oxygen atoms in total. The van der Waals surface area contributed by atoms with Crippen LogP contribution in [0.2, 0.25) is 0 Å². The SMILES string of the molecule is CC(NCCN1CCc2sccc2C1C)C1CC1. The van der Waals surface area contributed by atoms with Gasteiger partial charge in [0.1, 0.15) is 0 Å². The van der Waals surface area contributed by atoms with Crippen LogP contribution in [0.25, 0.3) is 0 Å². The van der Waals surface area contributed by atoms with Crippen molar-refractivity contribution >= 4 is 11.3 Å². The average Bonchev–Trinajstić information content (AvgIpc) is 3.10. The number of hydrogen-bond donors (Lipinski definition) is 1. The molecule has 1 aliphatic carbocycles. The van der Waals surface area contributed by atoms with Crippen molar-refractivity contribution in [3.8, 4) is 0 Å². The summed E-state index contributed by atoms with van der Waals surface area (Å²) in [5.41, 5.74) is 1.57. The van der Waals surface area contributed by atoms with Crippen LogP contribution in [0, 0.1) is 5.92 Å². The lowest BCUT2D eigenvalue weighted by Crippen LogP contribution is -2.40. The van der Waals surface area contributed by atoms with E-state index in [1.807, 2.05) is 11.3 Å². The number of hydrogen-bond acceptors (Lipinski definition) is 3. The number of rotatable bonds is 5. The first-order valence-corrected chi connectivity index (χ1v) is 8.17. The highest BCUT2D eigenvalue weighted by Gasteiger charge is 2.28. The summed E-state index contributed by atoms with van der Waals surface area (Å²) in [6.07, 6.45) is 4.12. The van der Waals surface area contributed by atoms with E-state index < -0.39 is 0 Å². The van der Waals surface area contributed by atoms with E-state index in [1.165, 1.54) is 32.4 Å². The first-order valence-electron chi connectivity index (χ1n) is 7.29. The summed E-state index contributed by atoms with van der Waals surface area (Å²) < 4.78 is 0. The quantitative estimate of drug-likeness (QED) is 0.879. The molecule has 0 radical (unpaired) electrons. The highest BCUT2D eigenvalue weighted by molar-refractivity contribution is 7.10. The van der Waals surface area contributed by atoms with Crippen LogP contribution in [0.1, 0.15) is 43.2 Å². The highest BCUT2D eigenvalue weighted by atomic mass is 32.1. The van der Waals surface area contributed by atoms with E-state index in [2.05, 4.69) is 35.5 Å². The van der Waals surface area contributed by atoms with Crippen LogP contribution >= 0.6 is 11.3 Å². The second kappa shape index (κ2) is 5.32. The Labute approximate surface area is 114 Å². The van der Waals surface area contributed by atoms with Gasteiger partial charge >= 0.3 is 0 Å². The monoisotopic (exact) mass is 264 g/mol. The molecule has 2 unspecified atom stereocenters. The Morgan fingerprint density at radius 3 is 3.11 bits per heavy atom. The molecule has 3 heteroatoms. The molecule has 0 aromatic carbocycles. The summed E-state index contributed by atoms with van der Waals surface area (Å²) in [7, 11) is 0. The Morgan fingerprint density at radius 1 is 1.50 bits per heavy atom. The van der Waals surface area contributed by atoms with Crippen molar-refractivity contribution in [1.82, 2.24) is 10.2 Å². The van der Waals surface area contributed by atoms with Crippen LogP contribution in [0.3, 0.4) is 0 Å². The standard InChI is InChI=1S/C15H24N2S/c1-11(13-3-4-13)16-7-9-17-8-5-15-14(12(17)2)6-10-18-15/h6,10-13,16H,3-5,7-9H2,1-2H3. The first-order chi connectivity index (χ1) is 8.75. The fraction of sp³-hybridized carbons (Fsp3) is 0.733. The summed E-state index contributed by atoms with van der Waals surface area (Å²) >= 11 is 1.93. The van der Waals surface area contributed by atoms with Gasteiger partial charge in [-0.15, -0.1) is 11.3 Å². The molecule has 2 aliphatic rings. The lowest BCUT2D eigenvalue weighted by molar-refractivity contribution is 0.198. The largest absolute Gasteiger partial charge is 0.313 e. The van der Waals surface area contributed by atoms with Gasteiger partial charge in [-0.1, -0.05) is 0 Å². The molecule has 1 aromatic rings. The van der Waals surface area contributed by atoms with Gasteiger partial charge in [0.25, 0.3) is 0 Å². The molecule has 0 saturated heterocycles. The molecule has 100 valence electrons. The molecular formula is C15H24N2S. The number of fused-ring (bicyclic) bond motifs is 1. The number of nitrogens with zero attached hydrogens (tertiary/aromatic N) is 1. The topological polar surface area (TPSA) is 15.3 Å². The van der Waals surface area contributed by atoms with Crippen LogP contribution in [0.15, 0.2) is 11.4 Å². The van der Waals surface area contributed by atoms with Crippen LogP contribution < -0.4 is 5.32 Å². The predicted molar refractivity (Wildman–Crippen MR) is 78.2 cm³/mol. The van der Waals surface area contributed by atoms with Crippen molar-refractivity contribution in [2.24, 2.45) is 5.92 Å². The smallest absolute Gasteiger partial charge is 0.0331 e. The Morgan fingerprint density at radius 2 is 2.33 bits per heavy atom. The van der Waals surface area contributed by atoms with E-state index in [9.17, 15) is 0 Å². The van der Waals surface area contributed by atoms with Gasteiger partial charge in [0.2, 0.25) is 0 Å². The second-order valence-corrected chi connectivity index (χ2v) is 6.84. The molecule has 2 heterocycles. The van der Waals surface area contributed by atoms with Gasteiger partial charge in [-0.25, -0.2) is 0 Å². The van der Waals surface area contributed by atoms with E-state index in [4.69, 9.17) is 0 Å². The Kier molecular flexibility index (Phi) is 3.73. The summed E-state index contributed by atoms with van der Waals surface area (Å²) in [5, 5.41) is 5.94. The maximum atomic E-state index is 3.69. The molecule has 0 bridgehead atoms. The van der Waals surface area contributed by atoms with Crippen molar-refractivity contribution in [3.05, 3.63) is 21.9 Å². The third kappa shape index (κ3) is 2.63. The summed E-state index contributed by atoms with van der Waals surface area (Å²) in [5.74, 6) is 0.965. The van der Waals surface area contributed by atoms with Crippen molar-refractivity contribution in [3.63, 3.8) is 0 Å². The summed E-state index contributed by atoms with van der Waals surface area (Å²) in [6.45, 7) is 8.26. The van der Waals surface area contributed by atoms with E-state index in [0.717, 1.165) is 18.5 Å². The van der Waals surface area contributed by atoms with Crippen molar-refractivity contribution in [2.75, 3.05) is 19.6 Å². The minimum atomic E-state index is 0.609. The van der Waals surface area contributed by atoms with Crippen molar-refractivity contribution in [2.45, 2.75) is 45.2 Å². The van der Waals surface area contributed by atoms with E-state index in [0.29, 0.717) is 6.04 Å². The number of nitrogens with one attached hydrogen (secondary N) is 1. The zero-order valence-electron chi connectivity index (χ0n) is 11.5. The predicted octanol–water partition coefficient (Wildman–Crippen LogP) is 3.06. The summed E-state index contributed by atoms with van der Waals surface area (Å²) in [4.78, 5) is 4.24. The van der Waals surface area contributed by atoms with Gasteiger partial charge in [0.05, 0.1) is 0 Å². The molecule has 1 aliphatic heterocycles. The zero-order valence-corrected chi connectivity index (χ0v) is 12.3. The van der Waals surface area contributed by atoms with Gasteiger partial charge in [-0.2, -0.15) is 0 Å². The van der Waals surface area contributed by atoms with Crippen molar-refractivity contribution < 1.29 is 0 Å². The molecule has 1 aromatic heterocycles. The van der Waals surface area contributed by atoms with Crippen LogP contribution in [-0.4, -0.2) is 30.6 Å². The van der Waals surface area contributed by atoms with Gasteiger partial charge in [0.15, 0.2) is 0 Å². The molecule has 0 spiro atoms. The first kappa shape index (κ1) is 12.6. The maximum Gasteiger partial charge on any atom is 0.0331 e. The number of thiophene rings is 1. The van der Waals surface area contributed by atoms with Gasteiger partial charge in [-0.3, -0.25) is 4.90 Å². The minimum absolute atomic E-state index is 0.609. The van der Waals surface area contributed by atoms with Crippen LogP contribution in [0.5, 0.6) is 0 Å². The second-order valence-electron chi connectivity index (χ2n) is 5.84. The van der Waals surface area contributed by atoms with E-state index in [1.54, 1.807) is 10.4 Å². The highest BCUT2D eigenvalue weighted by Crippen LogP contribution is 2.33. The zero-order chi connectivity index (χ0) is 12.5. The minimum Gasteiger partial charge on any atom is -0.313 e. The maximum absolute atomic E-state index is 3.69. The van der Waals surface area contributed by atoms with Crippen LogP contribution in [0.4, 0.5) is 0 Å². The molecule has 3 rings (SSSR count). The molecule has 1 saturated carbocycles. The average molecular weight is 264 g/mol. The van der Waals surface area contributed by atoms with Gasteiger partial charge in [0, 0.05) is 36.6 Å². The molecule has 0 amide bonds. The normalized spacial score (nSPS) is 26.0. The Hall–Kier alpha value is -0.380. The Bertz CT molecular complexity index is 397. The molecule has 1 N–H and O–H groups in total. The molecular weight excluding hydrogens is 240 g/mol. The third-order valence-electron chi connectivity index (χ3n) is 4.60. The summed E-state index contributed by atoms with van der Waals surface area (Å²) in [6, 6.07) is 3.65. The fourth-order valence-corrected chi connectivity index (χ4v) is 4.03. The third-order valence-corrected chi connectivity index (χ3v) is 5.59. The van der Waals surface area contributed by atoms with Crippen molar-refractivity contribution in [1.29, 1.82) is 0 Å². The van der Waals surface area contributed by atoms with Crippen LogP contribution in [-0.2, 0) is 6.42 Å². The molecule has 18 heavy (non-hydrogen) atoms. The molecule has 1 fully saturated rings. The van der Waals surface area contributed by atoms with E-state index in [-0.39, 0.29) is 0 Å².